The fourth-order valence-corrected chi connectivity index (χ4v) is 4.03. The lowest BCUT2D eigenvalue weighted by atomic mass is 9.99. The number of rotatable bonds is 23. The van der Waals surface area contributed by atoms with Gasteiger partial charge in [0.05, 0.1) is 11.8 Å². The lowest BCUT2D eigenvalue weighted by Gasteiger charge is -2.22. The predicted molar refractivity (Wildman–Crippen MR) is 141 cm³/mol. The fraction of sp³-hybridized carbons (Fsp3) is 0.897. The minimum atomic E-state index is -0.774. The van der Waals surface area contributed by atoms with Crippen LogP contribution in [0.15, 0.2) is 0 Å². The van der Waals surface area contributed by atoms with E-state index in [2.05, 4.69) is 20.8 Å². The average Bonchev–Trinajstić information content (AvgIpc) is 2.85. The van der Waals surface area contributed by atoms with Crippen molar-refractivity contribution in [2.45, 2.75) is 143 Å². The summed E-state index contributed by atoms with van der Waals surface area (Å²) in [5.74, 6) is -1.21. The molecule has 0 N–H and O–H groups in total. The van der Waals surface area contributed by atoms with Crippen molar-refractivity contribution < 1.29 is 28.6 Å². The van der Waals surface area contributed by atoms with Gasteiger partial charge in [-0.15, -0.1) is 0 Å². The minimum absolute atomic E-state index is 0.0791. The van der Waals surface area contributed by atoms with Gasteiger partial charge in [-0.2, -0.15) is 0 Å². The highest BCUT2D eigenvalue weighted by Gasteiger charge is 2.25. The smallest absolute Gasteiger partial charge is 0.309 e. The second-order valence-electron chi connectivity index (χ2n) is 9.74. The number of esters is 3. The first-order chi connectivity index (χ1) is 16.9. The summed E-state index contributed by atoms with van der Waals surface area (Å²) in [4.78, 5) is 37.5. The molecule has 0 aromatic carbocycles. The molecule has 35 heavy (non-hydrogen) atoms. The van der Waals surface area contributed by atoms with E-state index in [9.17, 15) is 14.4 Å². The number of hydrogen-bond acceptors (Lipinski definition) is 6. The van der Waals surface area contributed by atoms with E-state index in [1.165, 1.54) is 25.7 Å². The van der Waals surface area contributed by atoms with E-state index in [0.29, 0.717) is 19.3 Å². The normalized spacial score (nSPS) is 13.6. The summed E-state index contributed by atoms with van der Waals surface area (Å²) in [6.07, 6.45) is 14.4. The summed E-state index contributed by atoms with van der Waals surface area (Å²) in [5, 5.41) is 0. The molecule has 6 nitrogen and oxygen atoms in total. The second kappa shape index (κ2) is 22.8. The first kappa shape index (κ1) is 33.4. The zero-order chi connectivity index (χ0) is 26.3. The Morgan fingerprint density at radius 2 is 1.06 bits per heavy atom. The summed E-state index contributed by atoms with van der Waals surface area (Å²) >= 11 is 0. The number of unbranched alkanes of at least 4 members (excludes halogenated alkanes) is 8. The van der Waals surface area contributed by atoms with Crippen molar-refractivity contribution in [1.29, 1.82) is 0 Å². The molecule has 3 unspecified atom stereocenters. The third kappa shape index (κ3) is 17.5. The van der Waals surface area contributed by atoms with Crippen molar-refractivity contribution in [3.8, 4) is 0 Å². The molecule has 0 saturated heterocycles. The van der Waals surface area contributed by atoms with Crippen LogP contribution in [0.3, 0.4) is 0 Å². The maximum atomic E-state index is 12.7. The molecule has 0 bridgehead atoms. The molecular formula is C29H54O6. The van der Waals surface area contributed by atoms with Gasteiger partial charge in [0, 0.05) is 6.42 Å². The average molecular weight is 499 g/mol. The SMILES string of the molecule is CCCCCCCCCC(=O)OCC(COC(=O)C(CC)CCCC)OC(=O)C(CC)CCCC. The Labute approximate surface area is 215 Å². The van der Waals surface area contributed by atoms with Crippen molar-refractivity contribution in [2.75, 3.05) is 13.2 Å². The summed E-state index contributed by atoms with van der Waals surface area (Å²) in [6, 6.07) is 0. The van der Waals surface area contributed by atoms with Crippen LogP contribution in [-0.2, 0) is 28.6 Å². The Kier molecular flexibility index (Phi) is 21.8. The van der Waals surface area contributed by atoms with Crippen LogP contribution in [0.25, 0.3) is 0 Å². The van der Waals surface area contributed by atoms with Crippen molar-refractivity contribution in [3.63, 3.8) is 0 Å². The molecule has 0 rings (SSSR count). The molecule has 206 valence electrons. The fourth-order valence-electron chi connectivity index (χ4n) is 4.03. The summed E-state index contributed by atoms with van der Waals surface area (Å²) in [5.41, 5.74) is 0. The summed E-state index contributed by atoms with van der Waals surface area (Å²) in [7, 11) is 0. The molecule has 0 amide bonds. The van der Waals surface area contributed by atoms with Crippen LogP contribution < -0.4 is 0 Å². The van der Waals surface area contributed by atoms with Crippen molar-refractivity contribution in [2.24, 2.45) is 11.8 Å². The first-order valence-corrected chi connectivity index (χ1v) is 14.5. The van der Waals surface area contributed by atoms with Crippen molar-refractivity contribution in [3.05, 3.63) is 0 Å². The Morgan fingerprint density at radius 3 is 1.60 bits per heavy atom. The monoisotopic (exact) mass is 498 g/mol. The summed E-state index contributed by atoms with van der Waals surface area (Å²) in [6.45, 7) is 10.2. The van der Waals surface area contributed by atoms with E-state index in [0.717, 1.165) is 57.8 Å². The second-order valence-corrected chi connectivity index (χ2v) is 9.74. The van der Waals surface area contributed by atoms with Crippen LogP contribution in [0.1, 0.15) is 137 Å². The lowest BCUT2D eigenvalue weighted by molar-refractivity contribution is -0.171. The van der Waals surface area contributed by atoms with Crippen LogP contribution >= 0.6 is 0 Å². The Hall–Kier alpha value is -1.59. The van der Waals surface area contributed by atoms with Crippen molar-refractivity contribution >= 4 is 17.9 Å². The van der Waals surface area contributed by atoms with Crippen LogP contribution in [0.5, 0.6) is 0 Å². The molecule has 0 aliphatic carbocycles. The molecule has 6 heteroatoms. The summed E-state index contributed by atoms with van der Waals surface area (Å²) < 4.78 is 16.6. The van der Waals surface area contributed by atoms with Gasteiger partial charge in [-0.25, -0.2) is 0 Å². The molecule has 0 spiro atoms. The topological polar surface area (TPSA) is 78.9 Å². The molecule has 0 saturated carbocycles. The molecular weight excluding hydrogens is 444 g/mol. The van der Waals surface area contributed by atoms with Crippen LogP contribution in [0.4, 0.5) is 0 Å². The van der Waals surface area contributed by atoms with Gasteiger partial charge in [-0.3, -0.25) is 14.4 Å². The highest BCUT2D eigenvalue weighted by molar-refractivity contribution is 5.73. The Bertz CT molecular complexity index is 547. The lowest BCUT2D eigenvalue weighted by Crippen LogP contribution is -2.34. The zero-order valence-corrected chi connectivity index (χ0v) is 23.4. The Morgan fingerprint density at radius 1 is 0.571 bits per heavy atom. The van der Waals surface area contributed by atoms with Gasteiger partial charge in [-0.1, -0.05) is 98.8 Å². The molecule has 0 aliphatic heterocycles. The van der Waals surface area contributed by atoms with Gasteiger partial charge >= 0.3 is 17.9 Å². The van der Waals surface area contributed by atoms with Gasteiger partial charge in [-0.05, 0) is 32.1 Å². The number of carbonyl (C=O) groups is 3. The van der Waals surface area contributed by atoms with Crippen LogP contribution in [-0.4, -0.2) is 37.2 Å². The molecule has 0 radical (unpaired) electrons. The van der Waals surface area contributed by atoms with E-state index in [1.54, 1.807) is 0 Å². The molecule has 0 aromatic heterocycles. The Balaban J connectivity index is 4.76. The molecule has 0 fully saturated rings. The number of hydrogen-bond donors (Lipinski definition) is 0. The van der Waals surface area contributed by atoms with Crippen molar-refractivity contribution in [1.82, 2.24) is 0 Å². The molecule has 0 aromatic rings. The highest BCUT2D eigenvalue weighted by Crippen LogP contribution is 2.18. The zero-order valence-electron chi connectivity index (χ0n) is 23.4. The van der Waals surface area contributed by atoms with Gasteiger partial charge < -0.3 is 14.2 Å². The van der Waals surface area contributed by atoms with Gasteiger partial charge in [0.2, 0.25) is 0 Å². The van der Waals surface area contributed by atoms with Gasteiger partial charge in [0.25, 0.3) is 0 Å². The van der Waals surface area contributed by atoms with E-state index in [-0.39, 0.29) is 43.0 Å². The third-order valence-electron chi connectivity index (χ3n) is 6.57. The predicted octanol–water partition coefficient (Wildman–Crippen LogP) is 7.56. The van der Waals surface area contributed by atoms with Gasteiger partial charge in [0.1, 0.15) is 13.2 Å². The third-order valence-corrected chi connectivity index (χ3v) is 6.57. The van der Waals surface area contributed by atoms with E-state index < -0.39 is 6.10 Å². The van der Waals surface area contributed by atoms with Gasteiger partial charge in [0.15, 0.2) is 6.10 Å². The minimum Gasteiger partial charge on any atom is -0.462 e. The largest absolute Gasteiger partial charge is 0.462 e. The maximum Gasteiger partial charge on any atom is 0.309 e. The first-order valence-electron chi connectivity index (χ1n) is 14.5. The quantitative estimate of drug-likeness (QED) is 0.0821. The van der Waals surface area contributed by atoms with Crippen LogP contribution in [0, 0.1) is 11.8 Å². The van der Waals surface area contributed by atoms with E-state index in [4.69, 9.17) is 14.2 Å². The van der Waals surface area contributed by atoms with E-state index in [1.807, 2.05) is 13.8 Å². The molecule has 3 atom stereocenters. The van der Waals surface area contributed by atoms with Crippen LogP contribution in [0.2, 0.25) is 0 Å². The number of carbonyl (C=O) groups excluding carboxylic acids is 3. The number of ether oxygens (including phenoxy) is 3. The standard InChI is InChI=1S/C29H54O6/c1-6-11-14-15-16-17-18-21-27(30)33-22-26(35-29(32)25(10-5)20-13-8-3)23-34-28(31)24(9-4)19-12-7-2/h24-26H,6-23H2,1-5H3. The highest BCUT2D eigenvalue weighted by atomic mass is 16.6. The maximum absolute atomic E-state index is 12.7. The molecule has 0 heterocycles. The molecule has 0 aliphatic rings. The van der Waals surface area contributed by atoms with E-state index >= 15 is 0 Å².